The number of carbonyl (C=O) groups is 1. The average Bonchev–Trinajstić information content (AvgIpc) is 2.65. The van der Waals surface area contributed by atoms with E-state index in [-0.39, 0.29) is 11.7 Å². The normalized spacial score (nSPS) is 10.3. The molecule has 3 rings (SSSR count). The highest BCUT2D eigenvalue weighted by Gasteiger charge is 2.13. The number of nitrogens with two attached hydrogens (primary N) is 1. The van der Waals surface area contributed by atoms with Crippen LogP contribution in [0, 0.1) is 13.8 Å². The van der Waals surface area contributed by atoms with Crippen molar-refractivity contribution in [1.82, 2.24) is 4.98 Å². The van der Waals surface area contributed by atoms with Gasteiger partial charge >= 0.3 is 0 Å². The van der Waals surface area contributed by atoms with Crippen LogP contribution in [-0.4, -0.2) is 18.0 Å². The van der Waals surface area contributed by atoms with E-state index in [9.17, 15) is 4.79 Å². The van der Waals surface area contributed by atoms with Gasteiger partial charge in [-0.1, -0.05) is 6.07 Å². The van der Waals surface area contributed by atoms with Crippen molar-refractivity contribution >= 4 is 17.4 Å². The first kappa shape index (κ1) is 18.3. The predicted octanol–water partition coefficient (Wildman–Crippen LogP) is 4.33. The minimum Gasteiger partial charge on any atom is -0.497 e. The van der Waals surface area contributed by atoms with Gasteiger partial charge in [-0.05, 0) is 61.9 Å². The van der Waals surface area contributed by atoms with Gasteiger partial charge in [-0.2, -0.15) is 0 Å². The van der Waals surface area contributed by atoms with Gasteiger partial charge in [-0.15, -0.1) is 0 Å². The fraction of sp³-hybridized carbons (Fsp3) is 0.143. The van der Waals surface area contributed by atoms with E-state index in [1.165, 1.54) is 0 Å². The molecule has 3 N–H and O–H groups in total. The highest BCUT2D eigenvalue weighted by atomic mass is 16.5. The van der Waals surface area contributed by atoms with E-state index in [1.807, 2.05) is 44.2 Å². The Bertz CT molecular complexity index is 969. The monoisotopic (exact) mass is 363 g/mol. The maximum Gasteiger partial charge on any atom is 0.259 e. The Kier molecular flexibility index (Phi) is 5.26. The molecule has 1 heterocycles. The maximum atomic E-state index is 12.6. The number of aromatic nitrogens is 1. The highest BCUT2D eigenvalue weighted by molar-refractivity contribution is 6.07. The molecule has 0 unspecified atom stereocenters. The van der Waals surface area contributed by atoms with Crippen LogP contribution in [-0.2, 0) is 0 Å². The number of methoxy groups -OCH3 is 1. The quantitative estimate of drug-likeness (QED) is 0.704. The van der Waals surface area contributed by atoms with Crippen molar-refractivity contribution in [3.05, 3.63) is 71.4 Å². The van der Waals surface area contributed by atoms with Crippen molar-refractivity contribution in [2.24, 2.45) is 0 Å². The van der Waals surface area contributed by atoms with E-state index in [0.29, 0.717) is 22.7 Å². The molecule has 1 aromatic heterocycles. The third-order valence-electron chi connectivity index (χ3n) is 4.13. The molecular formula is C21H21N3O3. The summed E-state index contributed by atoms with van der Waals surface area (Å²) in [4.78, 5) is 16.8. The number of rotatable bonds is 5. The van der Waals surface area contributed by atoms with Crippen molar-refractivity contribution in [2.45, 2.75) is 13.8 Å². The lowest BCUT2D eigenvalue weighted by Gasteiger charge is -2.11. The van der Waals surface area contributed by atoms with Crippen LogP contribution in [0.25, 0.3) is 0 Å². The van der Waals surface area contributed by atoms with E-state index in [0.717, 1.165) is 17.0 Å². The van der Waals surface area contributed by atoms with Crippen LogP contribution >= 0.6 is 0 Å². The molecule has 0 saturated heterocycles. The number of nitrogen functional groups attached to an aromatic ring is 1. The van der Waals surface area contributed by atoms with Gasteiger partial charge in [0.25, 0.3) is 5.91 Å². The number of nitrogens with zero attached hydrogens (tertiary/aromatic N) is 1. The van der Waals surface area contributed by atoms with Gasteiger partial charge in [0.05, 0.1) is 12.7 Å². The molecule has 0 bridgehead atoms. The number of nitrogens with one attached hydrogen (secondary N) is 1. The lowest BCUT2D eigenvalue weighted by Crippen LogP contribution is -2.15. The molecule has 0 aliphatic carbocycles. The average molecular weight is 363 g/mol. The number of benzene rings is 2. The molecule has 6 heteroatoms. The lowest BCUT2D eigenvalue weighted by atomic mass is 10.1. The summed E-state index contributed by atoms with van der Waals surface area (Å²) >= 11 is 0. The van der Waals surface area contributed by atoms with E-state index in [4.69, 9.17) is 15.2 Å². The molecule has 0 atom stereocenters. The fourth-order valence-corrected chi connectivity index (χ4v) is 2.52. The minimum atomic E-state index is -0.315. The van der Waals surface area contributed by atoms with Gasteiger partial charge < -0.3 is 20.5 Å². The highest BCUT2D eigenvalue weighted by Crippen LogP contribution is 2.26. The topological polar surface area (TPSA) is 86.5 Å². The summed E-state index contributed by atoms with van der Waals surface area (Å²) in [6, 6.07) is 16.1. The van der Waals surface area contributed by atoms with Gasteiger partial charge in [-0.25, -0.2) is 4.98 Å². The van der Waals surface area contributed by atoms with Gasteiger partial charge in [-0.3, -0.25) is 4.79 Å². The second-order valence-electron chi connectivity index (χ2n) is 6.08. The van der Waals surface area contributed by atoms with Crippen LogP contribution in [0.5, 0.6) is 17.2 Å². The molecule has 0 radical (unpaired) electrons. The second-order valence-corrected chi connectivity index (χ2v) is 6.08. The number of anilines is 2. The Morgan fingerprint density at radius 2 is 1.70 bits per heavy atom. The Balaban J connectivity index is 1.75. The Labute approximate surface area is 158 Å². The molecular weight excluding hydrogens is 342 g/mol. The first-order valence-electron chi connectivity index (χ1n) is 8.43. The number of pyridine rings is 1. The van der Waals surface area contributed by atoms with Crippen molar-refractivity contribution in [3.63, 3.8) is 0 Å². The fourth-order valence-electron chi connectivity index (χ4n) is 2.52. The molecule has 0 saturated carbocycles. The SMILES string of the molecule is COc1ccc(Oc2cccc(NC(=O)c3cc(C)c(C)nc3N)c2)cc1. The van der Waals surface area contributed by atoms with Crippen LogP contribution in [0.4, 0.5) is 11.5 Å². The molecule has 138 valence electrons. The molecule has 1 amide bonds. The smallest absolute Gasteiger partial charge is 0.259 e. The summed E-state index contributed by atoms with van der Waals surface area (Å²) in [6.45, 7) is 3.75. The van der Waals surface area contributed by atoms with Gasteiger partial charge in [0, 0.05) is 17.4 Å². The van der Waals surface area contributed by atoms with E-state index >= 15 is 0 Å². The summed E-state index contributed by atoms with van der Waals surface area (Å²) in [5.74, 6) is 1.92. The van der Waals surface area contributed by atoms with Gasteiger partial charge in [0.15, 0.2) is 0 Å². The zero-order valence-corrected chi connectivity index (χ0v) is 15.4. The zero-order chi connectivity index (χ0) is 19.4. The largest absolute Gasteiger partial charge is 0.497 e. The first-order valence-corrected chi connectivity index (χ1v) is 8.43. The standard InChI is InChI=1S/C21H21N3O3/c1-13-11-19(20(22)23-14(13)2)21(25)24-15-5-4-6-18(12-15)27-17-9-7-16(26-3)8-10-17/h4-12H,1-3H3,(H2,22,23)(H,24,25). The summed E-state index contributed by atoms with van der Waals surface area (Å²) in [5.41, 5.74) is 8.55. The molecule has 0 spiro atoms. The molecule has 6 nitrogen and oxygen atoms in total. The van der Waals surface area contributed by atoms with Crippen molar-refractivity contribution < 1.29 is 14.3 Å². The van der Waals surface area contributed by atoms with Crippen LogP contribution in [0.15, 0.2) is 54.6 Å². The lowest BCUT2D eigenvalue weighted by molar-refractivity contribution is 0.102. The Hall–Kier alpha value is -3.54. The molecule has 0 aliphatic heterocycles. The van der Waals surface area contributed by atoms with Gasteiger partial charge in [0.2, 0.25) is 0 Å². The summed E-state index contributed by atoms with van der Waals surface area (Å²) in [7, 11) is 1.61. The Morgan fingerprint density at radius 1 is 1.00 bits per heavy atom. The third kappa shape index (κ3) is 4.36. The van der Waals surface area contributed by atoms with E-state index < -0.39 is 0 Å². The number of carbonyl (C=O) groups excluding carboxylic acids is 1. The van der Waals surface area contributed by atoms with Crippen LogP contribution < -0.4 is 20.5 Å². The second kappa shape index (κ2) is 7.78. The van der Waals surface area contributed by atoms with Crippen molar-refractivity contribution in [2.75, 3.05) is 18.2 Å². The number of ether oxygens (including phenoxy) is 2. The van der Waals surface area contributed by atoms with E-state index in [1.54, 1.807) is 31.4 Å². The van der Waals surface area contributed by atoms with Crippen molar-refractivity contribution in [1.29, 1.82) is 0 Å². The number of amides is 1. The molecule has 0 fully saturated rings. The van der Waals surface area contributed by atoms with Crippen molar-refractivity contribution in [3.8, 4) is 17.2 Å². The minimum absolute atomic E-state index is 0.209. The zero-order valence-electron chi connectivity index (χ0n) is 15.4. The molecule has 3 aromatic rings. The first-order chi connectivity index (χ1) is 13.0. The van der Waals surface area contributed by atoms with Gasteiger partial charge in [0.1, 0.15) is 23.1 Å². The third-order valence-corrected chi connectivity index (χ3v) is 4.13. The summed E-state index contributed by atoms with van der Waals surface area (Å²) in [5, 5.41) is 2.83. The summed E-state index contributed by atoms with van der Waals surface area (Å²) < 4.78 is 11.0. The molecule has 2 aromatic carbocycles. The maximum absolute atomic E-state index is 12.6. The van der Waals surface area contributed by atoms with Crippen LogP contribution in [0.3, 0.4) is 0 Å². The number of aryl methyl sites for hydroxylation is 2. The number of hydrogen-bond acceptors (Lipinski definition) is 5. The molecule has 0 aliphatic rings. The van der Waals surface area contributed by atoms with E-state index in [2.05, 4.69) is 10.3 Å². The van der Waals surface area contributed by atoms with Crippen LogP contribution in [0.1, 0.15) is 21.6 Å². The Morgan fingerprint density at radius 3 is 2.41 bits per heavy atom. The number of hydrogen-bond donors (Lipinski definition) is 2. The predicted molar refractivity (Wildman–Crippen MR) is 106 cm³/mol. The molecule has 27 heavy (non-hydrogen) atoms. The van der Waals surface area contributed by atoms with Crippen LogP contribution in [0.2, 0.25) is 0 Å². The summed E-state index contributed by atoms with van der Waals surface area (Å²) in [6.07, 6.45) is 0.